The summed E-state index contributed by atoms with van der Waals surface area (Å²) in [6, 6.07) is 26.4. The van der Waals surface area contributed by atoms with Crippen LogP contribution >= 0.6 is 0 Å². The summed E-state index contributed by atoms with van der Waals surface area (Å²) in [5.41, 5.74) is 9.66. The van der Waals surface area contributed by atoms with E-state index in [9.17, 15) is 14.4 Å². The zero-order chi connectivity index (χ0) is 28.9. The van der Waals surface area contributed by atoms with Crippen molar-refractivity contribution in [1.82, 2.24) is 9.88 Å². The van der Waals surface area contributed by atoms with Crippen LogP contribution in [-0.2, 0) is 16.0 Å². The van der Waals surface area contributed by atoms with Crippen LogP contribution in [0.5, 0.6) is 0 Å². The standard InChI is InChI=1S/C33H35N3O4/c1-22-10-14-25(15-11-22)30(38)27-18-19-28(37)36(31(27)34)26-16-12-23(13-17-26)20-21-35-29(24-8-6-5-7-9-24)32(39)40-33(2,3)4/h5-19,29,35H,20-21,34H2,1-4H3/t29-/m0/s1. The van der Waals surface area contributed by atoms with E-state index in [-0.39, 0.29) is 28.7 Å². The van der Waals surface area contributed by atoms with Gasteiger partial charge in [-0.05, 0) is 63.4 Å². The monoisotopic (exact) mass is 537 g/mol. The number of benzene rings is 3. The van der Waals surface area contributed by atoms with E-state index in [1.54, 1.807) is 24.3 Å². The van der Waals surface area contributed by atoms with Crippen molar-refractivity contribution in [2.75, 3.05) is 12.3 Å². The molecular weight excluding hydrogens is 502 g/mol. The van der Waals surface area contributed by atoms with Gasteiger partial charge in [-0.1, -0.05) is 72.3 Å². The number of nitrogens with two attached hydrogens (primary N) is 1. The van der Waals surface area contributed by atoms with Gasteiger partial charge in [-0.2, -0.15) is 0 Å². The highest BCUT2D eigenvalue weighted by molar-refractivity contribution is 6.11. The molecule has 0 aliphatic heterocycles. The molecule has 1 atom stereocenters. The Morgan fingerprint density at radius 2 is 1.55 bits per heavy atom. The SMILES string of the molecule is Cc1ccc(C(=O)c2ccc(=O)n(-c3ccc(CCN[C@H](C(=O)OC(C)(C)C)c4ccccc4)cc3)c2N)cc1. The van der Waals surface area contributed by atoms with Gasteiger partial charge < -0.3 is 15.8 Å². The molecule has 1 aromatic heterocycles. The first kappa shape index (κ1) is 28.5. The maximum absolute atomic E-state index is 13.1. The number of rotatable bonds is 9. The fraction of sp³-hybridized carbons (Fsp3) is 0.242. The molecule has 4 rings (SSSR count). The Kier molecular flexibility index (Phi) is 8.65. The van der Waals surface area contributed by atoms with E-state index in [0.29, 0.717) is 24.2 Å². The Labute approximate surface area is 234 Å². The van der Waals surface area contributed by atoms with Crippen molar-refractivity contribution in [3.05, 3.63) is 129 Å². The van der Waals surface area contributed by atoms with Crippen LogP contribution in [0.15, 0.2) is 95.8 Å². The maximum atomic E-state index is 13.1. The summed E-state index contributed by atoms with van der Waals surface area (Å²) in [5.74, 6) is -0.480. The van der Waals surface area contributed by atoms with Crippen LogP contribution in [0.2, 0.25) is 0 Å². The van der Waals surface area contributed by atoms with Crippen molar-refractivity contribution >= 4 is 17.6 Å². The minimum atomic E-state index is -0.594. The minimum absolute atomic E-state index is 0.0931. The molecule has 0 saturated carbocycles. The number of carbonyl (C=O) groups excluding carboxylic acids is 2. The van der Waals surface area contributed by atoms with Crippen LogP contribution in [0.1, 0.15) is 59.4 Å². The second kappa shape index (κ2) is 12.1. The van der Waals surface area contributed by atoms with Crippen LogP contribution in [0.25, 0.3) is 5.69 Å². The fourth-order valence-electron chi connectivity index (χ4n) is 4.39. The van der Waals surface area contributed by atoms with E-state index in [1.807, 2.05) is 82.3 Å². The number of nitrogens with one attached hydrogen (secondary N) is 1. The topological polar surface area (TPSA) is 103 Å². The van der Waals surface area contributed by atoms with Gasteiger partial charge >= 0.3 is 5.97 Å². The van der Waals surface area contributed by atoms with E-state index in [4.69, 9.17) is 10.5 Å². The lowest BCUT2D eigenvalue weighted by atomic mass is 10.0. The Balaban J connectivity index is 1.49. The average Bonchev–Trinajstić information content (AvgIpc) is 2.91. The molecule has 0 unspecified atom stereocenters. The second-order valence-electron chi connectivity index (χ2n) is 10.7. The summed E-state index contributed by atoms with van der Waals surface area (Å²) < 4.78 is 6.98. The highest BCUT2D eigenvalue weighted by Gasteiger charge is 2.26. The number of aryl methyl sites for hydroxylation is 1. The third kappa shape index (κ3) is 6.93. The number of nitrogens with zero attached hydrogens (tertiary/aromatic N) is 1. The Morgan fingerprint density at radius 1 is 0.900 bits per heavy atom. The molecule has 0 aliphatic rings. The fourth-order valence-corrected chi connectivity index (χ4v) is 4.39. The molecule has 1 heterocycles. The lowest BCUT2D eigenvalue weighted by Crippen LogP contribution is -2.35. The minimum Gasteiger partial charge on any atom is -0.459 e. The van der Waals surface area contributed by atoms with Gasteiger partial charge in [0.25, 0.3) is 5.56 Å². The predicted molar refractivity (Wildman–Crippen MR) is 158 cm³/mol. The third-order valence-corrected chi connectivity index (χ3v) is 6.42. The largest absolute Gasteiger partial charge is 0.459 e. The van der Waals surface area contributed by atoms with Crippen molar-refractivity contribution in [1.29, 1.82) is 0 Å². The van der Waals surface area contributed by atoms with Crippen LogP contribution in [0.3, 0.4) is 0 Å². The number of nitrogen functional groups attached to an aromatic ring is 1. The number of pyridine rings is 1. The van der Waals surface area contributed by atoms with Gasteiger partial charge in [0, 0.05) is 18.2 Å². The number of ether oxygens (including phenoxy) is 1. The van der Waals surface area contributed by atoms with Crippen LogP contribution in [-0.4, -0.2) is 28.5 Å². The normalized spacial score (nSPS) is 12.1. The van der Waals surface area contributed by atoms with Gasteiger partial charge in [0.2, 0.25) is 0 Å². The van der Waals surface area contributed by atoms with Crippen molar-refractivity contribution in [2.24, 2.45) is 0 Å². The number of carbonyl (C=O) groups is 2. The molecule has 4 aromatic rings. The molecule has 0 saturated heterocycles. The van der Waals surface area contributed by atoms with Gasteiger partial charge in [-0.15, -0.1) is 0 Å². The highest BCUT2D eigenvalue weighted by Crippen LogP contribution is 2.21. The van der Waals surface area contributed by atoms with Gasteiger partial charge in [-0.3, -0.25) is 14.2 Å². The first-order valence-electron chi connectivity index (χ1n) is 13.3. The van der Waals surface area contributed by atoms with Crippen LogP contribution < -0.4 is 16.6 Å². The summed E-state index contributed by atoms with van der Waals surface area (Å²) in [5, 5.41) is 3.32. The van der Waals surface area contributed by atoms with Crippen molar-refractivity contribution < 1.29 is 14.3 Å². The van der Waals surface area contributed by atoms with Gasteiger partial charge in [-0.25, -0.2) is 4.79 Å². The first-order valence-corrected chi connectivity index (χ1v) is 13.3. The molecule has 7 heteroatoms. The van der Waals surface area contributed by atoms with Crippen LogP contribution in [0.4, 0.5) is 5.82 Å². The molecule has 7 nitrogen and oxygen atoms in total. The number of esters is 1. The molecular formula is C33H35N3O4. The zero-order valence-electron chi connectivity index (χ0n) is 23.3. The Morgan fingerprint density at radius 3 is 2.17 bits per heavy atom. The Bertz CT molecular complexity index is 1530. The summed E-state index contributed by atoms with van der Waals surface area (Å²) in [6.07, 6.45) is 0.642. The van der Waals surface area contributed by atoms with E-state index >= 15 is 0 Å². The molecule has 0 fully saturated rings. The molecule has 3 aromatic carbocycles. The molecule has 0 radical (unpaired) electrons. The first-order chi connectivity index (χ1) is 19.0. The van der Waals surface area contributed by atoms with E-state index in [2.05, 4.69) is 5.32 Å². The smallest absolute Gasteiger partial charge is 0.328 e. The number of aromatic nitrogens is 1. The van der Waals surface area contributed by atoms with Gasteiger partial charge in [0.15, 0.2) is 5.78 Å². The lowest BCUT2D eigenvalue weighted by molar-refractivity contribution is -0.157. The van der Waals surface area contributed by atoms with Gasteiger partial charge in [0.05, 0.1) is 11.3 Å². The molecule has 206 valence electrons. The van der Waals surface area contributed by atoms with Crippen molar-refractivity contribution in [2.45, 2.75) is 45.8 Å². The van der Waals surface area contributed by atoms with Crippen molar-refractivity contribution in [3.8, 4) is 5.69 Å². The zero-order valence-corrected chi connectivity index (χ0v) is 23.3. The quantitative estimate of drug-likeness (QED) is 0.225. The third-order valence-electron chi connectivity index (χ3n) is 6.42. The molecule has 0 spiro atoms. The predicted octanol–water partition coefficient (Wildman–Crippen LogP) is 5.17. The summed E-state index contributed by atoms with van der Waals surface area (Å²) in [7, 11) is 0. The number of hydrogen-bond donors (Lipinski definition) is 2. The lowest BCUT2D eigenvalue weighted by Gasteiger charge is -2.25. The molecule has 0 aliphatic carbocycles. The average molecular weight is 538 g/mol. The number of anilines is 1. The van der Waals surface area contributed by atoms with E-state index in [0.717, 1.165) is 16.7 Å². The van der Waals surface area contributed by atoms with E-state index in [1.165, 1.54) is 16.7 Å². The number of ketones is 1. The van der Waals surface area contributed by atoms with Crippen LogP contribution in [0, 0.1) is 6.92 Å². The molecule has 0 amide bonds. The second-order valence-corrected chi connectivity index (χ2v) is 10.7. The van der Waals surface area contributed by atoms with Gasteiger partial charge in [0.1, 0.15) is 17.5 Å². The molecule has 40 heavy (non-hydrogen) atoms. The highest BCUT2D eigenvalue weighted by atomic mass is 16.6. The molecule has 0 bridgehead atoms. The number of hydrogen-bond acceptors (Lipinski definition) is 6. The van der Waals surface area contributed by atoms with Crippen molar-refractivity contribution in [3.63, 3.8) is 0 Å². The summed E-state index contributed by atoms with van der Waals surface area (Å²) in [4.78, 5) is 38.7. The maximum Gasteiger partial charge on any atom is 0.328 e. The Hall–Kier alpha value is -4.49. The summed E-state index contributed by atoms with van der Waals surface area (Å²) in [6.45, 7) is 8.02. The summed E-state index contributed by atoms with van der Waals surface area (Å²) >= 11 is 0. The van der Waals surface area contributed by atoms with E-state index < -0.39 is 11.6 Å². The molecule has 3 N–H and O–H groups in total.